The van der Waals surface area contributed by atoms with Crippen molar-refractivity contribution >= 4 is 29.9 Å². The molecule has 5 nitrogen and oxygen atoms in total. The summed E-state index contributed by atoms with van der Waals surface area (Å²) in [5.74, 6) is 0.566. The molecule has 0 aliphatic carbocycles. The van der Waals surface area contributed by atoms with Crippen molar-refractivity contribution in [1.29, 1.82) is 0 Å². The molecule has 1 aromatic heterocycles. The fraction of sp³-hybridized carbons (Fsp3) is 0.375. The van der Waals surface area contributed by atoms with Gasteiger partial charge in [0.15, 0.2) is 5.96 Å². The third kappa shape index (κ3) is 6.98. The van der Waals surface area contributed by atoms with E-state index in [9.17, 15) is 4.39 Å². The van der Waals surface area contributed by atoms with Crippen LogP contribution in [0.15, 0.2) is 41.7 Å². The first-order valence-electron chi connectivity index (χ1n) is 7.41. The van der Waals surface area contributed by atoms with Crippen molar-refractivity contribution in [3.63, 3.8) is 0 Å². The zero-order chi connectivity index (χ0) is 15.8. The maximum Gasteiger partial charge on any atom is 0.191 e. The summed E-state index contributed by atoms with van der Waals surface area (Å²) in [5.41, 5.74) is 2.16. The number of hydrogen-bond donors (Lipinski definition) is 2. The Morgan fingerprint density at radius 1 is 1.22 bits per heavy atom. The number of aliphatic imine (C=N–C) groups is 1. The quantitative estimate of drug-likeness (QED) is 0.420. The van der Waals surface area contributed by atoms with E-state index in [2.05, 4.69) is 20.7 Å². The van der Waals surface area contributed by atoms with Crippen molar-refractivity contribution in [3.8, 4) is 0 Å². The molecule has 0 aliphatic rings. The van der Waals surface area contributed by atoms with Crippen molar-refractivity contribution in [2.45, 2.75) is 19.9 Å². The highest BCUT2D eigenvalue weighted by Crippen LogP contribution is 2.03. The summed E-state index contributed by atoms with van der Waals surface area (Å²) in [4.78, 5) is 4.52. The van der Waals surface area contributed by atoms with Gasteiger partial charge in [-0.05, 0) is 31.0 Å². The predicted octanol–water partition coefficient (Wildman–Crippen LogP) is 2.48. The molecule has 0 atom stereocenters. The van der Waals surface area contributed by atoms with Crippen LogP contribution in [0.2, 0.25) is 0 Å². The normalized spacial score (nSPS) is 11.0. The van der Waals surface area contributed by atoms with E-state index in [1.54, 1.807) is 16.8 Å². The Hall–Kier alpha value is -1.64. The van der Waals surface area contributed by atoms with Crippen LogP contribution in [0.1, 0.15) is 18.1 Å². The molecule has 0 radical (unpaired) electrons. The molecule has 0 aliphatic heterocycles. The third-order valence-corrected chi connectivity index (χ3v) is 3.14. The minimum atomic E-state index is -0.205. The van der Waals surface area contributed by atoms with Crippen molar-refractivity contribution in [2.75, 3.05) is 13.1 Å². The zero-order valence-electron chi connectivity index (χ0n) is 13.4. The van der Waals surface area contributed by atoms with Crippen molar-refractivity contribution < 1.29 is 4.39 Å². The van der Waals surface area contributed by atoms with Crippen LogP contribution < -0.4 is 10.6 Å². The minimum absolute atomic E-state index is 0. The highest BCUT2D eigenvalue weighted by atomic mass is 127. The molecule has 126 valence electrons. The number of nitrogens with zero attached hydrogens (tertiary/aromatic N) is 3. The van der Waals surface area contributed by atoms with Crippen LogP contribution in [0.25, 0.3) is 0 Å². The number of guanidine groups is 1. The van der Waals surface area contributed by atoms with Crippen LogP contribution in [0.4, 0.5) is 4.39 Å². The van der Waals surface area contributed by atoms with Crippen LogP contribution in [-0.2, 0) is 20.0 Å². The number of aryl methyl sites for hydroxylation is 1. The lowest BCUT2D eigenvalue weighted by molar-refractivity contribution is 0.626. The fourth-order valence-corrected chi connectivity index (χ4v) is 2.04. The summed E-state index contributed by atoms with van der Waals surface area (Å²) < 4.78 is 14.6. The first kappa shape index (κ1) is 19.4. The summed E-state index contributed by atoms with van der Waals surface area (Å²) in [5, 5.41) is 10.6. The Kier molecular flexibility index (Phi) is 8.60. The molecule has 0 saturated heterocycles. The molecule has 0 spiro atoms. The first-order chi connectivity index (χ1) is 10.7. The van der Waals surface area contributed by atoms with Gasteiger partial charge in [0, 0.05) is 31.9 Å². The molecule has 0 fully saturated rings. The number of hydrogen-bond acceptors (Lipinski definition) is 2. The number of nitrogens with one attached hydrogen (secondary N) is 2. The van der Waals surface area contributed by atoms with Gasteiger partial charge in [-0.15, -0.1) is 24.0 Å². The Morgan fingerprint density at radius 2 is 1.96 bits per heavy atom. The van der Waals surface area contributed by atoms with E-state index < -0.39 is 0 Å². The molecule has 1 heterocycles. The molecule has 0 unspecified atom stereocenters. The summed E-state index contributed by atoms with van der Waals surface area (Å²) in [6.45, 7) is 4.15. The highest BCUT2D eigenvalue weighted by molar-refractivity contribution is 14.0. The van der Waals surface area contributed by atoms with E-state index in [4.69, 9.17) is 0 Å². The number of halogens is 2. The third-order valence-electron chi connectivity index (χ3n) is 3.14. The second-order valence-electron chi connectivity index (χ2n) is 5.02. The summed E-state index contributed by atoms with van der Waals surface area (Å²) in [7, 11) is 1.89. The second-order valence-corrected chi connectivity index (χ2v) is 5.02. The molecular formula is C16H23FIN5. The average Bonchev–Trinajstić information content (AvgIpc) is 2.92. The van der Waals surface area contributed by atoms with E-state index >= 15 is 0 Å². The Balaban J connectivity index is 0.00000264. The second kappa shape index (κ2) is 10.2. The topological polar surface area (TPSA) is 54.2 Å². The smallest absolute Gasteiger partial charge is 0.191 e. The van der Waals surface area contributed by atoms with Gasteiger partial charge in [0.2, 0.25) is 0 Å². The van der Waals surface area contributed by atoms with Crippen LogP contribution >= 0.6 is 24.0 Å². The fourth-order valence-electron chi connectivity index (χ4n) is 2.04. The lowest BCUT2D eigenvalue weighted by Crippen LogP contribution is -2.38. The molecule has 2 N–H and O–H groups in total. The van der Waals surface area contributed by atoms with E-state index in [1.165, 1.54) is 12.1 Å². The van der Waals surface area contributed by atoms with Gasteiger partial charge in [-0.3, -0.25) is 4.68 Å². The first-order valence-corrected chi connectivity index (χ1v) is 7.41. The van der Waals surface area contributed by atoms with Gasteiger partial charge < -0.3 is 10.6 Å². The molecule has 0 amide bonds. The van der Waals surface area contributed by atoms with Gasteiger partial charge in [0.05, 0.1) is 12.7 Å². The van der Waals surface area contributed by atoms with E-state index in [0.717, 1.165) is 36.6 Å². The van der Waals surface area contributed by atoms with E-state index in [1.807, 2.05) is 26.4 Å². The number of benzene rings is 1. The largest absolute Gasteiger partial charge is 0.357 e. The van der Waals surface area contributed by atoms with Crippen molar-refractivity contribution in [3.05, 3.63) is 53.6 Å². The lowest BCUT2D eigenvalue weighted by atomic mass is 10.1. The van der Waals surface area contributed by atoms with Gasteiger partial charge in [0.25, 0.3) is 0 Å². The molecule has 1 aromatic carbocycles. The van der Waals surface area contributed by atoms with E-state index in [0.29, 0.717) is 6.54 Å². The molecule has 23 heavy (non-hydrogen) atoms. The maximum absolute atomic E-state index is 12.8. The van der Waals surface area contributed by atoms with Gasteiger partial charge in [-0.1, -0.05) is 12.1 Å². The van der Waals surface area contributed by atoms with Gasteiger partial charge in [0.1, 0.15) is 5.82 Å². The molecule has 2 rings (SSSR count). The van der Waals surface area contributed by atoms with Gasteiger partial charge in [-0.25, -0.2) is 9.38 Å². The Labute approximate surface area is 153 Å². The predicted molar refractivity (Wildman–Crippen MR) is 102 cm³/mol. The summed E-state index contributed by atoms with van der Waals surface area (Å²) >= 11 is 0. The van der Waals surface area contributed by atoms with Crippen LogP contribution in [0.3, 0.4) is 0 Å². The van der Waals surface area contributed by atoms with Crippen LogP contribution in [0.5, 0.6) is 0 Å². The average molecular weight is 431 g/mol. The lowest BCUT2D eigenvalue weighted by Gasteiger charge is -2.11. The Morgan fingerprint density at radius 3 is 2.57 bits per heavy atom. The van der Waals surface area contributed by atoms with Crippen LogP contribution in [0, 0.1) is 5.82 Å². The number of rotatable bonds is 6. The summed E-state index contributed by atoms with van der Waals surface area (Å²) in [6, 6.07) is 6.57. The van der Waals surface area contributed by atoms with Gasteiger partial charge in [-0.2, -0.15) is 5.10 Å². The highest BCUT2D eigenvalue weighted by Gasteiger charge is 2.00. The van der Waals surface area contributed by atoms with Crippen molar-refractivity contribution in [2.24, 2.45) is 12.0 Å². The zero-order valence-corrected chi connectivity index (χ0v) is 15.8. The molecule has 2 aromatic rings. The van der Waals surface area contributed by atoms with Gasteiger partial charge >= 0.3 is 0 Å². The number of aromatic nitrogens is 2. The standard InChI is InChI=1S/C16H22FN5.HI/c1-3-18-16(20-10-14-11-21-22(2)12-14)19-9-8-13-4-6-15(17)7-5-13;/h4-7,11-12H,3,8-10H2,1-2H3,(H2,18,19,20);1H. The van der Waals surface area contributed by atoms with Crippen LogP contribution in [-0.4, -0.2) is 28.8 Å². The minimum Gasteiger partial charge on any atom is -0.357 e. The maximum atomic E-state index is 12.8. The SMILES string of the molecule is CCNC(=NCc1cnn(C)c1)NCCc1ccc(F)cc1.I. The Bertz CT molecular complexity index is 609. The molecule has 7 heteroatoms. The molecule has 0 saturated carbocycles. The van der Waals surface area contributed by atoms with Crippen molar-refractivity contribution in [1.82, 2.24) is 20.4 Å². The monoisotopic (exact) mass is 431 g/mol. The summed E-state index contributed by atoms with van der Waals surface area (Å²) in [6.07, 6.45) is 4.58. The molecule has 0 bridgehead atoms. The molecular weight excluding hydrogens is 408 g/mol. The van der Waals surface area contributed by atoms with E-state index in [-0.39, 0.29) is 29.8 Å².